The minimum atomic E-state index is -3.78. The topological polar surface area (TPSA) is 127 Å². The van der Waals surface area contributed by atoms with E-state index >= 15 is 0 Å². The monoisotopic (exact) mass is 444 g/mol. The highest BCUT2D eigenvalue weighted by Gasteiger charge is 2.20. The molecule has 3 aromatic rings. The molecule has 1 aromatic carbocycles. The molecule has 11 heteroatoms. The number of aryl methyl sites for hydroxylation is 1. The Labute approximate surface area is 181 Å². The van der Waals surface area contributed by atoms with E-state index in [1.165, 1.54) is 20.3 Å². The zero-order valence-corrected chi connectivity index (χ0v) is 18.2. The number of methoxy groups -OCH3 is 2. The van der Waals surface area contributed by atoms with Gasteiger partial charge in [-0.3, -0.25) is 0 Å². The van der Waals surface area contributed by atoms with Crippen LogP contribution in [0.4, 0.5) is 17.5 Å². The Morgan fingerprint density at radius 3 is 2.29 bits per heavy atom. The van der Waals surface area contributed by atoms with Crippen molar-refractivity contribution in [1.29, 1.82) is 0 Å². The van der Waals surface area contributed by atoms with Gasteiger partial charge in [-0.25, -0.2) is 18.1 Å². The lowest BCUT2D eigenvalue weighted by molar-refractivity contribution is 0.392. The van der Waals surface area contributed by atoms with Gasteiger partial charge in [0.2, 0.25) is 10.0 Å². The quantitative estimate of drug-likeness (QED) is 0.404. The summed E-state index contributed by atoms with van der Waals surface area (Å²) in [6.07, 6.45) is 1.76. The van der Waals surface area contributed by atoms with Gasteiger partial charge in [-0.1, -0.05) is 6.07 Å². The van der Waals surface area contributed by atoms with Crippen molar-refractivity contribution in [3.63, 3.8) is 0 Å². The Balaban J connectivity index is 1.53. The molecule has 0 saturated carbocycles. The summed E-state index contributed by atoms with van der Waals surface area (Å²) in [7, 11) is -0.904. The summed E-state index contributed by atoms with van der Waals surface area (Å²) in [5.74, 6) is 2.39. The first-order valence-electron chi connectivity index (χ1n) is 9.40. The van der Waals surface area contributed by atoms with Crippen molar-refractivity contribution in [1.82, 2.24) is 19.9 Å². The Kier molecular flexibility index (Phi) is 7.21. The summed E-state index contributed by atoms with van der Waals surface area (Å²) >= 11 is 0. The number of benzene rings is 1. The predicted octanol–water partition coefficient (Wildman–Crippen LogP) is 2.33. The Hall–Kier alpha value is -3.44. The van der Waals surface area contributed by atoms with Crippen LogP contribution < -0.4 is 24.8 Å². The smallest absolute Gasteiger partial charge is 0.244 e. The minimum absolute atomic E-state index is 0.00860. The summed E-state index contributed by atoms with van der Waals surface area (Å²) in [4.78, 5) is 4.26. The lowest BCUT2D eigenvalue weighted by atomic mass is 10.3. The maximum Gasteiger partial charge on any atom is 0.244 e. The predicted molar refractivity (Wildman–Crippen MR) is 118 cm³/mol. The Bertz CT molecular complexity index is 1110. The van der Waals surface area contributed by atoms with Crippen molar-refractivity contribution in [2.45, 2.75) is 11.8 Å². The van der Waals surface area contributed by atoms with Gasteiger partial charge in [0.1, 0.15) is 28.0 Å². The van der Waals surface area contributed by atoms with Crippen molar-refractivity contribution in [3.05, 3.63) is 54.2 Å². The third-order valence-corrected chi connectivity index (χ3v) is 5.70. The van der Waals surface area contributed by atoms with E-state index in [1.807, 2.05) is 19.1 Å². The van der Waals surface area contributed by atoms with E-state index < -0.39 is 10.0 Å². The fourth-order valence-corrected chi connectivity index (χ4v) is 3.83. The van der Waals surface area contributed by atoms with E-state index in [2.05, 4.69) is 30.5 Å². The third kappa shape index (κ3) is 6.03. The molecule has 2 aromatic heterocycles. The molecular formula is C20H24N6O4S. The zero-order valence-electron chi connectivity index (χ0n) is 17.4. The summed E-state index contributed by atoms with van der Waals surface area (Å²) in [5, 5.41) is 14.2. The van der Waals surface area contributed by atoms with Gasteiger partial charge in [-0.15, -0.1) is 10.2 Å². The molecule has 0 aliphatic carbocycles. The maximum atomic E-state index is 12.6. The molecule has 0 saturated heterocycles. The lowest BCUT2D eigenvalue weighted by Crippen LogP contribution is -2.29. The van der Waals surface area contributed by atoms with Crippen LogP contribution in [-0.4, -0.2) is 50.9 Å². The van der Waals surface area contributed by atoms with E-state index in [0.29, 0.717) is 29.7 Å². The van der Waals surface area contributed by atoms with Crippen LogP contribution in [-0.2, 0) is 10.0 Å². The highest BCUT2D eigenvalue weighted by Crippen LogP contribution is 2.27. The van der Waals surface area contributed by atoms with Crippen molar-refractivity contribution in [2.24, 2.45) is 0 Å². The third-order valence-electron chi connectivity index (χ3n) is 4.22. The SMILES string of the molecule is COc1ccc(OC)c(S(=O)(=O)NCCNc2ccc(Nc3ccc(C)cn3)nn2)c1. The molecule has 10 nitrogen and oxygen atoms in total. The standard InChI is InChI=1S/C20H24N6O4S/c1-14-4-7-18(22-13-14)24-20-9-8-19(25-26-20)21-10-11-23-31(27,28)17-12-15(29-2)5-6-16(17)30-3/h4-9,12-13,23H,10-11H2,1-3H3,(H,21,25)(H,22,24,26). The largest absolute Gasteiger partial charge is 0.497 e. The second kappa shape index (κ2) is 10.0. The Morgan fingerprint density at radius 2 is 1.65 bits per heavy atom. The van der Waals surface area contributed by atoms with Gasteiger partial charge in [-0.05, 0) is 42.8 Å². The number of hydrogen-bond donors (Lipinski definition) is 3. The average Bonchev–Trinajstić information content (AvgIpc) is 2.79. The number of aromatic nitrogens is 3. The van der Waals surface area contributed by atoms with Crippen molar-refractivity contribution in [2.75, 3.05) is 37.9 Å². The molecule has 0 bridgehead atoms. The van der Waals surface area contributed by atoms with Gasteiger partial charge in [0.05, 0.1) is 14.2 Å². The normalized spacial score (nSPS) is 11.1. The second-order valence-electron chi connectivity index (χ2n) is 6.49. The lowest BCUT2D eigenvalue weighted by Gasteiger charge is -2.12. The van der Waals surface area contributed by atoms with Crippen LogP contribution in [0.5, 0.6) is 11.5 Å². The number of anilines is 3. The minimum Gasteiger partial charge on any atom is -0.497 e. The molecule has 3 N–H and O–H groups in total. The van der Waals surface area contributed by atoms with Crippen LogP contribution in [0.3, 0.4) is 0 Å². The van der Waals surface area contributed by atoms with E-state index in [-0.39, 0.29) is 17.2 Å². The van der Waals surface area contributed by atoms with Crippen molar-refractivity contribution >= 4 is 27.5 Å². The Morgan fingerprint density at radius 1 is 0.903 bits per heavy atom. The number of pyridine rings is 1. The number of hydrogen-bond acceptors (Lipinski definition) is 9. The summed E-state index contributed by atoms with van der Waals surface area (Å²) in [6.45, 7) is 2.41. The molecule has 0 aliphatic rings. The number of rotatable bonds is 10. The van der Waals surface area contributed by atoms with Crippen molar-refractivity contribution < 1.29 is 17.9 Å². The molecular weight excluding hydrogens is 420 g/mol. The highest BCUT2D eigenvalue weighted by atomic mass is 32.2. The van der Waals surface area contributed by atoms with Gasteiger partial charge in [0.15, 0.2) is 5.82 Å². The molecule has 0 unspecified atom stereocenters. The van der Waals surface area contributed by atoms with Crippen molar-refractivity contribution in [3.8, 4) is 11.5 Å². The molecule has 3 rings (SSSR count). The summed E-state index contributed by atoms with van der Waals surface area (Å²) < 4.78 is 38.0. The molecule has 164 valence electrons. The first kappa shape index (κ1) is 22.2. The average molecular weight is 445 g/mol. The van der Waals surface area contributed by atoms with E-state index in [9.17, 15) is 8.42 Å². The van der Waals surface area contributed by atoms with E-state index in [1.54, 1.807) is 30.5 Å². The highest BCUT2D eigenvalue weighted by molar-refractivity contribution is 7.89. The maximum absolute atomic E-state index is 12.6. The van der Waals surface area contributed by atoms with Crippen LogP contribution in [0.25, 0.3) is 0 Å². The first-order valence-corrected chi connectivity index (χ1v) is 10.9. The van der Waals surface area contributed by atoms with Crippen LogP contribution in [0, 0.1) is 6.92 Å². The molecule has 0 spiro atoms. The molecule has 0 atom stereocenters. The van der Waals surface area contributed by atoms with Gasteiger partial charge >= 0.3 is 0 Å². The number of nitrogens with one attached hydrogen (secondary N) is 3. The fraction of sp³-hybridized carbons (Fsp3) is 0.250. The number of ether oxygens (including phenoxy) is 2. The van der Waals surface area contributed by atoms with Gasteiger partial charge in [0, 0.05) is 25.4 Å². The molecule has 2 heterocycles. The van der Waals surface area contributed by atoms with Crippen LogP contribution in [0.2, 0.25) is 0 Å². The summed E-state index contributed by atoms with van der Waals surface area (Å²) in [6, 6.07) is 11.9. The number of sulfonamides is 1. The fourth-order valence-electron chi connectivity index (χ4n) is 2.61. The molecule has 0 fully saturated rings. The van der Waals surface area contributed by atoms with Crippen LogP contribution in [0.15, 0.2) is 53.6 Å². The summed E-state index contributed by atoms with van der Waals surface area (Å²) in [5.41, 5.74) is 1.07. The van der Waals surface area contributed by atoms with Gasteiger partial charge in [0.25, 0.3) is 0 Å². The van der Waals surface area contributed by atoms with Crippen LogP contribution in [0.1, 0.15) is 5.56 Å². The second-order valence-corrected chi connectivity index (χ2v) is 8.23. The molecule has 0 aliphatic heterocycles. The van der Waals surface area contributed by atoms with E-state index in [4.69, 9.17) is 9.47 Å². The van der Waals surface area contributed by atoms with Crippen LogP contribution >= 0.6 is 0 Å². The molecule has 31 heavy (non-hydrogen) atoms. The molecule has 0 amide bonds. The number of nitrogens with zero attached hydrogens (tertiary/aromatic N) is 3. The molecule has 0 radical (unpaired) electrons. The first-order chi connectivity index (χ1) is 14.9. The van der Waals surface area contributed by atoms with E-state index in [0.717, 1.165) is 5.56 Å². The van der Waals surface area contributed by atoms with Gasteiger partial charge in [-0.2, -0.15) is 0 Å². The zero-order chi connectivity index (χ0) is 22.3. The van der Waals surface area contributed by atoms with Gasteiger partial charge < -0.3 is 20.1 Å².